The van der Waals surface area contributed by atoms with Crippen molar-refractivity contribution in [3.05, 3.63) is 39.8 Å². The van der Waals surface area contributed by atoms with Crippen molar-refractivity contribution in [1.82, 2.24) is 24.8 Å². The van der Waals surface area contributed by atoms with E-state index in [1.165, 1.54) is 10.9 Å². The normalized spacial score (nSPS) is 10.5. The molecule has 0 saturated carbocycles. The monoisotopic (exact) mass is 359 g/mol. The van der Waals surface area contributed by atoms with E-state index >= 15 is 0 Å². The predicted octanol–water partition coefficient (Wildman–Crippen LogP) is 0.619. The van der Waals surface area contributed by atoms with E-state index in [0.717, 1.165) is 12.4 Å². The molecule has 140 valence electrons. The van der Waals surface area contributed by atoms with Crippen LogP contribution in [0, 0.1) is 20.8 Å². The number of aromatic nitrogens is 4. The molecule has 9 nitrogen and oxygen atoms in total. The van der Waals surface area contributed by atoms with Crippen LogP contribution in [0.15, 0.2) is 17.2 Å². The molecule has 0 saturated heterocycles. The highest BCUT2D eigenvalue weighted by Crippen LogP contribution is 2.10. The van der Waals surface area contributed by atoms with Gasteiger partial charge in [0.2, 0.25) is 5.91 Å². The molecule has 26 heavy (non-hydrogen) atoms. The molecule has 0 atom stereocenters. The Balaban J connectivity index is 1.82. The molecule has 0 unspecified atom stereocenters. The maximum atomic E-state index is 12.1. The third-order valence-corrected chi connectivity index (χ3v) is 3.78. The lowest BCUT2D eigenvalue weighted by molar-refractivity contribution is -0.121. The molecule has 0 aliphatic rings. The summed E-state index contributed by atoms with van der Waals surface area (Å²) in [4.78, 5) is 36.8. The molecule has 0 aromatic carbocycles. The summed E-state index contributed by atoms with van der Waals surface area (Å²) in [6, 6.07) is 1.82. The fraction of sp³-hybridized carbons (Fsp3) is 0.471. The number of rotatable bonds is 8. The molecule has 1 amide bonds. The molecule has 9 heteroatoms. The minimum atomic E-state index is -0.244. The number of anilines is 2. The summed E-state index contributed by atoms with van der Waals surface area (Å²) >= 11 is 0. The highest BCUT2D eigenvalue weighted by molar-refractivity contribution is 5.75. The molecular formula is C17H25N7O2. The second-order valence-corrected chi connectivity index (χ2v) is 5.88. The van der Waals surface area contributed by atoms with Gasteiger partial charge in [0, 0.05) is 37.0 Å². The second kappa shape index (κ2) is 8.93. The molecule has 3 N–H and O–H groups in total. The van der Waals surface area contributed by atoms with E-state index in [2.05, 4.69) is 30.9 Å². The zero-order chi connectivity index (χ0) is 19.1. The van der Waals surface area contributed by atoms with Gasteiger partial charge >= 0.3 is 0 Å². The lowest BCUT2D eigenvalue weighted by Crippen LogP contribution is -2.35. The number of amides is 1. The first-order valence-electron chi connectivity index (χ1n) is 8.53. The SMILES string of the molecule is CCNc1cc(NCCNC(=O)Cn2cnc(C)c(C)c2=O)nc(C)n1. The van der Waals surface area contributed by atoms with Gasteiger partial charge in [-0.2, -0.15) is 0 Å². The molecule has 2 heterocycles. The Bertz CT molecular complexity index is 832. The first-order chi connectivity index (χ1) is 12.4. The summed E-state index contributed by atoms with van der Waals surface area (Å²) in [5.41, 5.74) is 1.03. The summed E-state index contributed by atoms with van der Waals surface area (Å²) in [5, 5.41) is 9.05. The number of nitrogens with one attached hydrogen (secondary N) is 3. The van der Waals surface area contributed by atoms with E-state index in [0.29, 0.717) is 36.0 Å². The van der Waals surface area contributed by atoms with Gasteiger partial charge in [-0.05, 0) is 27.7 Å². The van der Waals surface area contributed by atoms with Crippen LogP contribution >= 0.6 is 0 Å². The Hall–Kier alpha value is -2.97. The largest absolute Gasteiger partial charge is 0.370 e. The summed E-state index contributed by atoms with van der Waals surface area (Å²) in [7, 11) is 0. The van der Waals surface area contributed by atoms with Gasteiger partial charge in [-0.3, -0.25) is 14.2 Å². The van der Waals surface area contributed by atoms with Gasteiger partial charge in [-0.1, -0.05) is 0 Å². The molecule has 0 aliphatic carbocycles. The van der Waals surface area contributed by atoms with Crippen molar-refractivity contribution in [2.24, 2.45) is 0 Å². The van der Waals surface area contributed by atoms with Gasteiger partial charge in [0.15, 0.2) is 0 Å². The number of hydrogen-bond donors (Lipinski definition) is 3. The van der Waals surface area contributed by atoms with E-state index in [1.54, 1.807) is 13.8 Å². The smallest absolute Gasteiger partial charge is 0.256 e. The lowest BCUT2D eigenvalue weighted by atomic mass is 10.3. The number of carbonyl (C=O) groups excluding carboxylic acids is 1. The molecular weight excluding hydrogens is 334 g/mol. The van der Waals surface area contributed by atoms with Crippen molar-refractivity contribution < 1.29 is 4.79 Å². The van der Waals surface area contributed by atoms with Crippen LogP contribution in [0.4, 0.5) is 11.6 Å². The van der Waals surface area contributed by atoms with Crippen LogP contribution in [0.3, 0.4) is 0 Å². The Morgan fingerprint density at radius 2 is 1.81 bits per heavy atom. The van der Waals surface area contributed by atoms with Crippen molar-refractivity contribution in [2.75, 3.05) is 30.3 Å². The summed E-state index contributed by atoms with van der Waals surface area (Å²) in [5.74, 6) is 1.87. The van der Waals surface area contributed by atoms with Crippen LogP contribution in [-0.2, 0) is 11.3 Å². The Kier molecular flexibility index (Phi) is 6.65. The van der Waals surface area contributed by atoms with E-state index in [4.69, 9.17) is 0 Å². The van der Waals surface area contributed by atoms with Crippen LogP contribution in [0.5, 0.6) is 0 Å². The van der Waals surface area contributed by atoms with E-state index in [9.17, 15) is 9.59 Å². The van der Waals surface area contributed by atoms with Crippen molar-refractivity contribution in [1.29, 1.82) is 0 Å². The van der Waals surface area contributed by atoms with Crippen LogP contribution in [0.1, 0.15) is 24.0 Å². The van der Waals surface area contributed by atoms with Crippen LogP contribution in [-0.4, -0.2) is 45.1 Å². The Labute approximate surface area is 152 Å². The second-order valence-electron chi connectivity index (χ2n) is 5.88. The molecule has 0 spiro atoms. The van der Waals surface area contributed by atoms with E-state index < -0.39 is 0 Å². The minimum absolute atomic E-state index is 0.0515. The zero-order valence-electron chi connectivity index (χ0n) is 15.6. The third kappa shape index (κ3) is 5.27. The summed E-state index contributed by atoms with van der Waals surface area (Å²) in [6.45, 7) is 8.93. The van der Waals surface area contributed by atoms with Gasteiger partial charge in [-0.25, -0.2) is 15.0 Å². The van der Waals surface area contributed by atoms with Crippen LogP contribution < -0.4 is 21.5 Å². The average molecular weight is 359 g/mol. The van der Waals surface area contributed by atoms with Crippen molar-refractivity contribution in [3.8, 4) is 0 Å². The quantitative estimate of drug-likeness (QED) is 0.592. The fourth-order valence-corrected chi connectivity index (χ4v) is 2.32. The third-order valence-electron chi connectivity index (χ3n) is 3.78. The number of carbonyl (C=O) groups is 1. The predicted molar refractivity (Wildman–Crippen MR) is 100 cm³/mol. The van der Waals surface area contributed by atoms with Gasteiger partial charge in [-0.15, -0.1) is 0 Å². The van der Waals surface area contributed by atoms with Crippen molar-refractivity contribution >= 4 is 17.5 Å². The van der Waals surface area contributed by atoms with Gasteiger partial charge in [0.25, 0.3) is 5.56 Å². The Morgan fingerprint density at radius 3 is 2.50 bits per heavy atom. The van der Waals surface area contributed by atoms with Crippen molar-refractivity contribution in [2.45, 2.75) is 34.2 Å². The highest BCUT2D eigenvalue weighted by atomic mass is 16.2. The summed E-state index contributed by atoms with van der Waals surface area (Å²) < 4.78 is 1.31. The van der Waals surface area contributed by atoms with E-state index in [1.807, 2.05) is 19.9 Å². The molecule has 2 rings (SSSR count). The van der Waals surface area contributed by atoms with Crippen LogP contribution in [0.25, 0.3) is 0 Å². The molecule has 0 radical (unpaired) electrons. The van der Waals surface area contributed by atoms with Gasteiger partial charge in [0.1, 0.15) is 24.0 Å². The minimum Gasteiger partial charge on any atom is -0.370 e. The number of aryl methyl sites for hydroxylation is 2. The number of nitrogens with zero attached hydrogens (tertiary/aromatic N) is 4. The summed E-state index contributed by atoms with van der Waals surface area (Å²) in [6.07, 6.45) is 1.40. The topological polar surface area (TPSA) is 114 Å². The molecule has 0 bridgehead atoms. The standard InChI is InChI=1S/C17H25N7O2/c1-5-18-14-8-15(23-13(4)22-14)19-6-7-20-16(25)9-24-10-21-12(3)11(2)17(24)26/h8,10H,5-7,9H2,1-4H3,(H,20,25)(H2,18,19,22,23). The van der Waals surface area contributed by atoms with E-state index in [-0.39, 0.29) is 18.0 Å². The Morgan fingerprint density at radius 1 is 1.12 bits per heavy atom. The zero-order valence-corrected chi connectivity index (χ0v) is 15.6. The first-order valence-corrected chi connectivity index (χ1v) is 8.53. The average Bonchev–Trinajstić information content (AvgIpc) is 2.59. The highest BCUT2D eigenvalue weighted by Gasteiger charge is 2.08. The number of hydrogen-bond acceptors (Lipinski definition) is 7. The maximum Gasteiger partial charge on any atom is 0.256 e. The van der Waals surface area contributed by atoms with Crippen molar-refractivity contribution in [3.63, 3.8) is 0 Å². The molecule has 0 aliphatic heterocycles. The maximum absolute atomic E-state index is 12.1. The van der Waals surface area contributed by atoms with Crippen LogP contribution in [0.2, 0.25) is 0 Å². The molecule has 0 fully saturated rings. The fourth-order valence-electron chi connectivity index (χ4n) is 2.32. The molecule has 2 aromatic rings. The lowest BCUT2D eigenvalue weighted by Gasteiger charge is -2.11. The first kappa shape index (κ1) is 19.4. The molecule has 2 aromatic heterocycles. The van der Waals surface area contributed by atoms with Gasteiger partial charge < -0.3 is 16.0 Å². The van der Waals surface area contributed by atoms with Gasteiger partial charge in [0.05, 0.1) is 6.33 Å².